The van der Waals surface area contributed by atoms with E-state index in [1.54, 1.807) is 0 Å². The van der Waals surface area contributed by atoms with Gasteiger partial charge in [0.15, 0.2) is 0 Å². The summed E-state index contributed by atoms with van der Waals surface area (Å²) in [6, 6.07) is 2.82. The third-order valence-corrected chi connectivity index (χ3v) is 6.07. The van der Waals surface area contributed by atoms with E-state index in [2.05, 4.69) is 49.6 Å². The molecule has 3 heteroatoms. The monoisotopic (exact) mass is 308 g/mol. The topological polar surface area (TPSA) is 15.3 Å². The maximum atomic E-state index is 3.90. The molecule has 1 aromatic rings. The van der Waals surface area contributed by atoms with Gasteiger partial charge in [-0.05, 0) is 63.8 Å². The summed E-state index contributed by atoms with van der Waals surface area (Å²) in [5.74, 6) is 0. The lowest BCUT2D eigenvalue weighted by atomic mass is 9.78. The van der Waals surface area contributed by atoms with Crippen molar-refractivity contribution in [3.05, 3.63) is 21.9 Å². The van der Waals surface area contributed by atoms with Crippen LogP contribution in [0.25, 0.3) is 0 Å². The van der Waals surface area contributed by atoms with E-state index in [0.717, 1.165) is 6.54 Å². The Kier molecular flexibility index (Phi) is 6.27. The molecule has 2 nitrogen and oxygen atoms in total. The fourth-order valence-corrected chi connectivity index (χ4v) is 4.65. The number of nitrogens with one attached hydrogen (secondary N) is 1. The zero-order chi connectivity index (χ0) is 15.3. The second-order valence-electron chi connectivity index (χ2n) is 6.73. The van der Waals surface area contributed by atoms with Crippen LogP contribution in [-0.4, -0.2) is 31.1 Å². The highest BCUT2D eigenvalue weighted by atomic mass is 32.1. The highest BCUT2D eigenvalue weighted by Crippen LogP contribution is 2.42. The first-order chi connectivity index (χ1) is 10.1. The maximum absolute atomic E-state index is 3.90. The van der Waals surface area contributed by atoms with Crippen molar-refractivity contribution in [3.63, 3.8) is 0 Å². The van der Waals surface area contributed by atoms with Gasteiger partial charge in [0.05, 0.1) is 6.04 Å². The van der Waals surface area contributed by atoms with Crippen LogP contribution in [0.4, 0.5) is 0 Å². The van der Waals surface area contributed by atoms with Crippen molar-refractivity contribution in [2.75, 3.05) is 20.6 Å². The molecule has 0 saturated heterocycles. The molecule has 1 heterocycles. The molecular formula is C18H32N2S. The molecule has 120 valence electrons. The van der Waals surface area contributed by atoms with Crippen LogP contribution < -0.4 is 5.32 Å². The predicted octanol–water partition coefficient (Wildman–Crippen LogP) is 4.75. The summed E-state index contributed by atoms with van der Waals surface area (Å²) in [6.07, 6.45) is 9.37. The van der Waals surface area contributed by atoms with Crippen molar-refractivity contribution in [1.29, 1.82) is 0 Å². The number of hydrogen-bond acceptors (Lipinski definition) is 3. The zero-order valence-electron chi connectivity index (χ0n) is 14.2. The van der Waals surface area contributed by atoms with E-state index in [1.165, 1.54) is 55.4 Å². The van der Waals surface area contributed by atoms with Crippen LogP contribution in [0.5, 0.6) is 0 Å². The van der Waals surface area contributed by atoms with Gasteiger partial charge in [-0.3, -0.25) is 0 Å². The lowest BCUT2D eigenvalue weighted by molar-refractivity contribution is 0.0799. The Hall–Kier alpha value is -0.380. The van der Waals surface area contributed by atoms with Gasteiger partial charge < -0.3 is 10.2 Å². The SMILES string of the molecule is CCCNC(c1ccsc1C)C1(N(C)C)CCCCCC1. The third-order valence-electron chi connectivity index (χ3n) is 5.21. The number of aryl methyl sites for hydroxylation is 1. The quantitative estimate of drug-likeness (QED) is 0.763. The number of nitrogens with zero attached hydrogens (tertiary/aromatic N) is 1. The molecule has 2 rings (SSSR count). The summed E-state index contributed by atoms with van der Waals surface area (Å²) >= 11 is 1.89. The van der Waals surface area contributed by atoms with E-state index < -0.39 is 0 Å². The zero-order valence-corrected chi connectivity index (χ0v) is 15.1. The molecule has 0 spiro atoms. The Bertz CT molecular complexity index is 417. The van der Waals surface area contributed by atoms with Crippen molar-refractivity contribution in [2.45, 2.75) is 70.4 Å². The molecule has 1 fully saturated rings. The molecule has 0 aliphatic heterocycles. The van der Waals surface area contributed by atoms with Crippen molar-refractivity contribution in [3.8, 4) is 0 Å². The molecule has 1 aliphatic carbocycles. The number of likely N-dealkylation sites (N-methyl/N-ethyl adjacent to an activating group) is 1. The molecule has 1 unspecified atom stereocenters. The Morgan fingerprint density at radius 2 is 1.90 bits per heavy atom. The van der Waals surface area contributed by atoms with Crippen molar-refractivity contribution < 1.29 is 0 Å². The van der Waals surface area contributed by atoms with Crippen LogP contribution >= 0.6 is 11.3 Å². The number of rotatable bonds is 6. The van der Waals surface area contributed by atoms with E-state index >= 15 is 0 Å². The molecule has 1 aliphatic rings. The first-order valence-corrected chi connectivity index (χ1v) is 9.44. The van der Waals surface area contributed by atoms with Gasteiger partial charge in [0.1, 0.15) is 0 Å². The van der Waals surface area contributed by atoms with Gasteiger partial charge in [-0.25, -0.2) is 0 Å². The van der Waals surface area contributed by atoms with Crippen LogP contribution in [0, 0.1) is 6.92 Å². The van der Waals surface area contributed by atoms with Gasteiger partial charge in [0, 0.05) is 10.4 Å². The minimum atomic E-state index is 0.275. The normalized spacial score (nSPS) is 20.4. The van der Waals surface area contributed by atoms with Crippen molar-refractivity contribution in [1.82, 2.24) is 10.2 Å². The fourth-order valence-electron chi connectivity index (χ4n) is 3.91. The van der Waals surface area contributed by atoms with E-state index in [4.69, 9.17) is 0 Å². The minimum absolute atomic E-state index is 0.275. The molecule has 21 heavy (non-hydrogen) atoms. The van der Waals surface area contributed by atoms with E-state index in [9.17, 15) is 0 Å². The summed E-state index contributed by atoms with van der Waals surface area (Å²) in [7, 11) is 4.57. The molecule has 1 saturated carbocycles. The van der Waals surface area contributed by atoms with Crippen molar-refractivity contribution in [2.24, 2.45) is 0 Å². The Labute approximate surface area is 134 Å². The van der Waals surface area contributed by atoms with Gasteiger partial charge in [-0.1, -0.05) is 32.6 Å². The van der Waals surface area contributed by atoms with Crippen LogP contribution in [0.15, 0.2) is 11.4 Å². The first kappa shape index (κ1) is 17.0. The third kappa shape index (κ3) is 3.69. The van der Waals surface area contributed by atoms with Crippen LogP contribution in [-0.2, 0) is 0 Å². The van der Waals surface area contributed by atoms with Gasteiger partial charge in [0.2, 0.25) is 0 Å². The van der Waals surface area contributed by atoms with Crippen LogP contribution in [0.1, 0.15) is 68.4 Å². The second kappa shape index (κ2) is 7.75. The molecule has 1 atom stereocenters. The molecule has 0 amide bonds. The Morgan fingerprint density at radius 3 is 2.38 bits per heavy atom. The molecule has 0 bridgehead atoms. The van der Waals surface area contributed by atoms with E-state index in [0.29, 0.717) is 6.04 Å². The van der Waals surface area contributed by atoms with E-state index in [1.807, 2.05) is 11.3 Å². The van der Waals surface area contributed by atoms with Crippen LogP contribution in [0.3, 0.4) is 0 Å². The molecule has 0 aromatic carbocycles. The Balaban J connectivity index is 2.37. The average Bonchev–Trinajstić information content (AvgIpc) is 2.74. The highest BCUT2D eigenvalue weighted by Gasteiger charge is 2.42. The van der Waals surface area contributed by atoms with E-state index in [-0.39, 0.29) is 5.54 Å². The highest BCUT2D eigenvalue weighted by molar-refractivity contribution is 7.10. The summed E-state index contributed by atoms with van der Waals surface area (Å²) in [6.45, 7) is 5.65. The first-order valence-electron chi connectivity index (χ1n) is 8.56. The average molecular weight is 309 g/mol. The van der Waals surface area contributed by atoms with Crippen molar-refractivity contribution >= 4 is 11.3 Å². The lowest BCUT2D eigenvalue weighted by Crippen LogP contribution is -2.53. The second-order valence-corrected chi connectivity index (χ2v) is 7.85. The minimum Gasteiger partial charge on any atom is -0.308 e. The molecule has 1 N–H and O–H groups in total. The van der Waals surface area contributed by atoms with Gasteiger partial charge in [0.25, 0.3) is 0 Å². The van der Waals surface area contributed by atoms with Gasteiger partial charge >= 0.3 is 0 Å². The number of hydrogen-bond donors (Lipinski definition) is 1. The fraction of sp³-hybridized carbons (Fsp3) is 0.778. The van der Waals surface area contributed by atoms with Gasteiger partial charge in [-0.2, -0.15) is 0 Å². The standard InChI is InChI=1S/C18H32N2S/c1-5-13-19-17(16-10-14-21-15(16)2)18(20(3)4)11-8-6-7-9-12-18/h10,14,17,19H,5-9,11-13H2,1-4H3. The van der Waals surface area contributed by atoms with Gasteiger partial charge in [-0.15, -0.1) is 11.3 Å². The summed E-state index contributed by atoms with van der Waals surface area (Å²) in [5, 5.41) is 6.15. The predicted molar refractivity (Wildman–Crippen MR) is 94.2 cm³/mol. The molecular weight excluding hydrogens is 276 g/mol. The summed E-state index contributed by atoms with van der Waals surface area (Å²) in [5.41, 5.74) is 1.81. The van der Waals surface area contributed by atoms with Crippen LogP contribution in [0.2, 0.25) is 0 Å². The molecule has 1 aromatic heterocycles. The largest absolute Gasteiger partial charge is 0.308 e. The summed E-state index contributed by atoms with van der Waals surface area (Å²) < 4.78 is 0. The summed E-state index contributed by atoms with van der Waals surface area (Å²) in [4.78, 5) is 4.00. The lowest BCUT2D eigenvalue weighted by Gasteiger charge is -2.46. The maximum Gasteiger partial charge on any atom is 0.0517 e. The molecule has 0 radical (unpaired) electrons. The smallest absolute Gasteiger partial charge is 0.0517 e. The number of thiophene rings is 1. The Morgan fingerprint density at radius 1 is 1.24 bits per heavy atom.